The van der Waals surface area contributed by atoms with Gasteiger partial charge >= 0.3 is 0 Å². The van der Waals surface area contributed by atoms with E-state index in [2.05, 4.69) is 0 Å². The maximum atomic E-state index is 13.6. The Labute approximate surface area is 192 Å². The largest absolute Gasteiger partial charge is 0.508 e. The molecule has 0 saturated heterocycles. The van der Waals surface area contributed by atoms with Crippen LogP contribution in [0.2, 0.25) is 0 Å². The number of thiophene rings is 1. The van der Waals surface area contributed by atoms with Crippen molar-refractivity contribution in [1.29, 1.82) is 0 Å². The van der Waals surface area contributed by atoms with E-state index in [0.29, 0.717) is 22.3 Å². The van der Waals surface area contributed by atoms with Gasteiger partial charge in [-0.05, 0) is 41.3 Å². The Bertz CT molecular complexity index is 1380. The van der Waals surface area contributed by atoms with Gasteiger partial charge < -0.3 is 24.3 Å². The number of phenols is 1. The number of carbonyl (C=O) groups is 2. The molecule has 4 aromatic rings. The standard InChI is InChI=1S/C25H19NO6S/c1-31-18-6-2-4-15-12-19(32-24(15)18)22(28)20-21(14-7-9-16(27)10-8-14)26(25(30)23(20)29)13-17-5-3-11-33-17/h2-12,21,27,29H,13H2,1H3. The molecule has 1 aliphatic heterocycles. The summed E-state index contributed by atoms with van der Waals surface area (Å²) >= 11 is 1.47. The van der Waals surface area contributed by atoms with Crippen LogP contribution in [0.4, 0.5) is 0 Å². The van der Waals surface area contributed by atoms with Crippen LogP contribution >= 0.6 is 11.3 Å². The summed E-state index contributed by atoms with van der Waals surface area (Å²) in [5, 5.41) is 23.1. The summed E-state index contributed by atoms with van der Waals surface area (Å²) < 4.78 is 11.1. The molecule has 0 radical (unpaired) electrons. The molecule has 2 aromatic heterocycles. The SMILES string of the molecule is COc1cccc2cc(C(=O)C3=C(O)C(=O)N(Cc4cccs4)C3c3ccc(O)cc3)oc12. The van der Waals surface area contributed by atoms with E-state index in [1.807, 2.05) is 17.5 Å². The Balaban J connectivity index is 1.61. The van der Waals surface area contributed by atoms with Crippen LogP contribution in [-0.2, 0) is 11.3 Å². The van der Waals surface area contributed by atoms with Crippen molar-refractivity contribution in [2.24, 2.45) is 0 Å². The number of fused-ring (bicyclic) bond motifs is 1. The average Bonchev–Trinajstić information content (AvgIpc) is 3.54. The predicted octanol–water partition coefficient (Wildman–Crippen LogP) is 4.99. The number of nitrogens with zero attached hydrogens (tertiary/aromatic N) is 1. The number of rotatable bonds is 6. The molecule has 0 fully saturated rings. The Kier molecular flexibility index (Phi) is 5.14. The Hall–Kier alpha value is -4.04. The highest BCUT2D eigenvalue weighted by atomic mass is 32.1. The first-order valence-electron chi connectivity index (χ1n) is 10.1. The highest BCUT2D eigenvalue weighted by Crippen LogP contribution is 2.41. The van der Waals surface area contributed by atoms with E-state index in [9.17, 15) is 19.8 Å². The number of methoxy groups -OCH3 is 1. The molecule has 33 heavy (non-hydrogen) atoms. The lowest BCUT2D eigenvalue weighted by molar-refractivity contribution is -0.130. The molecule has 0 bridgehead atoms. The third-order valence-corrected chi connectivity index (χ3v) is 6.48. The minimum absolute atomic E-state index is 0.00870. The number of aromatic hydroxyl groups is 1. The number of amides is 1. The molecule has 8 heteroatoms. The second-order valence-electron chi connectivity index (χ2n) is 7.59. The number of carbonyl (C=O) groups excluding carboxylic acids is 2. The van der Waals surface area contributed by atoms with Crippen molar-refractivity contribution in [2.75, 3.05) is 7.11 Å². The summed E-state index contributed by atoms with van der Waals surface area (Å²) in [5.74, 6) is -1.32. The lowest BCUT2D eigenvalue weighted by atomic mass is 9.95. The van der Waals surface area contributed by atoms with Gasteiger partial charge in [-0.2, -0.15) is 0 Å². The van der Waals surface area contributed by atoms with E-state index in [4.69, 9.17) is 9.15 Å². The number of phenolic OH excluding ortho intramolecular Hbond substituents is 1. The number of hydrogen-bond donors (Lipinski definition) is 2. The van der Waals surface area contributed by atoms with Crippen LogP contribution < -0.4 is 4.74 Å². The summed E-state index contributed by atoms with van der Waals surface area (Å²) in [6.45, 7) is 0.219. The molecule has 0 aliphatic carbocycles. The van der Waals surface area contributed by atoms with Crippen LogP contribution in [0.1, 0.15) is 27.0 Å². The van der Waals surface area contributed by atoms with Crippen LogP contribution in [0.15, 0.2) is 81.8 Å². The van der Waals surface area contributed by atoms with Gasteiger partial charge in [0.05, 0.1) is 25.3 Å². The number of Topliss-reactive ketones (excluding diaryl/α,β-unsaturated/α-hetero) is 1. The Morgan fingerprint density at radius 2 is 1.91 bits per heavy atom. The molecule has 0 saturated carbocycles. The molecule has 1 aliphatic rings. The number of para-hydroxylation sites is 1. The third kappa shape index (κ3) is 3.54. The van der Waals surface area contributed by atoms with Gasteiger partial charge in [-0.1, -0.05) is 30.3 Å². The molecular weight excluding hydrogens is 442 g/mol. The van der Waals surface area contributed by atoms with E-state index in [-0.39, 0.29) is 23.6 Å². The maximum absolute atomic E-state index is 13.6. The monoisotopic (exact) mass is 461 g/mol. The number of aliphatic hydroxyl groups is 1. The second-order valence-corrected chi connectivity index (χ2v) is 8.62. The summed E-state index contributed by atoms with van der Waals surface area (Å²) in [6.07, 6.45) is 0. The molecule has 1 atom stereocenters. The number of aliphatic hydroxyl groups excluding tert-OH is 1. The highest BCUT2D eigenvalue weighted by Gasteiger charge is 2.44. The van der Waals surface area contributed by atoms with Gasteiger partial charge in [0, 0.05) is 10.3 Å². The van der Waals surface area contributed by atoms with Crippen LogP contribution in [-0.4, -0.2) is 33.9 Å². The van der Waals surface area contributed by atoms with Gasteiger partial charge in [-0.15, -0.1) is 11.3 Å². The first kappa shape index (κ1) is 20.8. The molecular formula is C25H19NO6S. The molecule has 3 heterocycles. The first-order valence-corrected chi connectivity index (χ1v) is 11.0. The third-order valence-electron chi connectivity index (χ3n) is 5.62. The number of ether oxygens (including phenoxy) is 1. The van der Waals surface area contributed by atoms with Gasteiger partial charge in [-0.25, -0.2) is 0 Å². The topological polar surface area (TPSA) is 100 Å². The fraction of sp³-hybridized carbons (Fsp3) is 0.120. The van der Waals surface area contributed by atoms with E-state index in [0.717, 1.165) is 4.88 Å². The van der Waals surface area contributed by atoms with Crippen molar-refractivity contribution in [3.63, 3.8) is 0 Å². The second kappa shape index (κ2) is 8.14. The van der Waals surface area contributed by atoms with E-state index >= 15 is 0 Å². The van der Waals surface area contributed by atoms with Gasteiger partial charge in [0.1, 0.15) is 5.75 Å². The lowest BCUT2D eigenvalue weighted by Gasteiger charge is -2.26. The normalized spacial score (nSPS) is 16.1. The lowest BCUT2D eigenvalue weighted by Crippen LogP contribution is -2.30. The van der Waals surface area contributed by atoms with Crippen molar-refractivity contribution < 1.29 is 29.0 Å². The fourth-order valence-corrected chi connectivity index (χ4v) is 4.77. The van der Waals surface area contributed by atoms with Crippen LogP contribution in [0.3, 0.4) is 0 Å². The fourth-order valence-electron chi connectivity index (χ4n) is 4.06. The molecule has 0 spiro atoms. The zero-order valence-electron chi connectivity index (χ0n) is 17.5. The van der Waals surface area contributed by atoms with Crippen LogP contribution in [0, 0.1) is 0 Å². The number of hydrogen-bond acceptors (Lipinski definition) is 7. The molecule has 2 N–H and O–H groups in total. The van der Waals surface area contributed by atoms with Crippen molar-refractivity contribution in [3.05, 3.63) is 93.6 Å². The molecule has 166 valence electrons. The van der Waals surface area contributed by atoms with E-state index in [1.54, 1.807) is 36.4 Å². The summed E-state index contributed by atoms with van der Waals surface area (Å²) in [5.41, 5.74) is 0.920. The van der Waals surface area contributed by atoms with Gasteiger partial charge in [0.25, 0.3) is 5.91 Å². The van der Waals surface area contributed by atoms with Gasteiger partial charge in [0.2, 0.25) is 5.78 Å². The van der Waals surface area contributed by atoms with Crippen molar-refractivity contribution in [3.8, 4) is 11.5 Å². The van der Waals surface area contributed by atoms with Gasteiger partial charge in [-0.3, -0.25) is 9.59 Å². The van der Waals surface area contributed by atoms with E-state index in [1.165, 1.54) is 35.5 Å². The summed E-state index contributed by atoms with van der Waals surface area (Å²) in [7, 11) is 1.51. The zero-order valence-corrected chi connectivity index (χ0v) is 18.3. The smallest absolute Gasteiger partial charge is 0.290 e. The molecule has 5 rings (SSSR count). The predicted molar refractivity (Wildman–Crippen MR) is 122 cm³/mol. The van der Waals surface area contributed by atoms with Crippen molar-refractivity contribution in [2.45, 2.75) is 12.6 Å². The van der Waals surface area contributed by atoms with Crippen molar-refractivity contribution >= 4 is 34.0 Å². The molecule has 1 unspecified atom stereocenters. The van der Waals surface area contributed by atoms with E-state index < -0.39 is 23.5 Å². The Morgan fingerprint density at radius 1 is 1.12 bits per heavy atom. The minimum atomic E-state index is -0.845. The molecule has 7 nitrogen and oxygen atoms in total. The molecule has 2 aromatic carbocycles. The number of ketones is 1. The Morgan fingerprint density at radius 3 is 2.61 bits per heavy atom. The summed E-state index contributed by atoms with van der Waals surface area (Å²) in [4.78, 5) is 29.0. The van der Waals surface area contributed by atoms with Crippen molar-refractivity contribution in [1.82, 2.24) is 4.90 Å². The zero-order chi connectivity index (χ0) is 23.1. The molecule has 1 amide bonds. The summed E-state index contributed by atoms with van der Waals surface area (Å²) in [6, 6.07) is 16.0. The minimum Gasteiger partial charge on any atom is -0.508 e. The first-order chi connectivity index (χ1) is 16.0. The number of benzene rings is 2. The number of furan rings is 1. The van der Waals surface area contributed by atoms with Gasteiger partial charge in [0.15, 0.2) is 22.9 Å². The van der Waals surface area contributed by atoms with Crippen LogP contribution in [0.25, 0.3) is 11.0 Å². The highest BCUT2D eigenvalue weighted by molar-refractivity contribution is 7.09. The van der Waals surface area contributed by atoms with Crippen LogP contribution in [0.5, 0.6) is 11.5 Å². The quantitative estimate of drug-likeness (QED) is 0.393. The average molecular weight is 461 g/mol. The maximum Gasteiger partial charge on any atom is 0.290 e.